The van der Waals surface area contributed by atoms with Crippen molar-refractivity contribution in [3.8, 4) is 0 Å². The van der Waals surface area contributed by atoms with Crippen molar-refractivity contribution >= 4 is 68.8 Å². The Balaban J connectivity index is 1.48. The summed E-state index contributed by atoms with van der Waals surface area (Å²) in [5, 5.41) is 6.43. The average molecular weight is 487 g/mol. The molecule has 1 aromatic heterocycles. The van der Waals surface area contributed by atoms with E-state index in [4.69, 9.17) is 23.2 Å². The van der Waals surface area contributed by atoms with Crippen LogP contribution >= 0.6 is 34.5 Å². The number of nitrogens with one attached hydrogen (secondary N) is 2. The van der Waals surface area contributed by atoms with Gasteiger partial charge in [0.2, 0.25) is 0 Å². The molecule has 1 aliphatic heterocycles. The Morgan fingerprint density at radius 3 is 2.22 bits per heavy atom. The number of carbonyl (C=O) groups excluding carboxylic acids is 3. The summed E-state index contributed by atoms with van der Waals surface area (Å²) < 4.78 is 0. The molecule has 3 amide bonds. The zero-order valence-electron chi connectivity index (χ0n) is 16.9. The van der Waals surface area contributed by atoms with Gasteiger partial charge in [0.1, 0.15) is 10.7 Å². The summed E-state index contributed by atoms with van der Waals surface area (Å²) in [6.45, 7) is 3.82. The molecule has 0 fully saturated rings. The molecule has 32 heavy (non-hydrogen) atoms. The summed E-state index contributed by atoms with van der Waals surface area (Å²) in [6, 6.07) is 12.7. The number of imide groups is 1. The topological polar surface area (TPSA) is 91.4 Å². The molecule has 0 radical (unpaired) electrons. The molecule has 3 aromatic rings. The summed E-state index contributed by atoms with van der Waals surface area (Å²) in [6.07, 6.45) is 0. The molecule has 4 rings (SSSR count). The molecule has 7 nitrogen and oxygen atoms in total. The first kappa shape index (κ1) is 22.0. The monoisotopic (exact) mass is 486 g/mol. The van der Waals surface area contributed by atoms with Crippen LogP contribution in [0.1, 0.15) is 20.9 Å². The SMILES string of the molecule is Cc1nc(NC(=O)c2ccc(NC3=C(Cl)C(=O)N(c4ccc(Cl)cc4)C3=O)cc2)sc1C. The first-order chi connectivity index (χ1) is 15.2. The second-order valence-electron chi connectivity index (χ2n) is 6.93. The first-order valence-corrected chi connectivity index (χ1v) is 11.0. The summed E-state index contributed by atoms with van der Waals surface area (Å²) in [5.41, 5.74) is 2.10. The Hall–Kier alpha value is -3.20. The Morgan fingerprint density at radius 1 is 0.969 bits per heavy atom. The molecule has 1 aliphatic rings. The summed E-state index contributed by atoms with van der Waals surface area (Å²) in [4.78, 5) is 44.1. The second-order valence-corrected chi connectivity index (χ2v) is 8.95. The predicted molar refractivity (Wildman–Crippen MR) is 126 cm³/mol. The molecule has 0 unspecified atom stereocenters. The van der Waals surface area contributed by atoms with Crippen LogP contribution in [0.3, 0.4) is 0 Å². The summed E-state index contributed by atoms with van der Waals surface area (Å²) >= 11 is 13.4. The number of amides is 3. The van der Waals surface area contributed by atoms with E-state index in [9.17, 15) is 14.4 Å². The van der Waals surface area contributed by atoms with E-state index in [0.717, 1.165) is 15.5 Å². The van der Waals surface area contributed by atoms with Crippen molar-refractivity contribution in [1.82, 2.24) is 4.98 Å². The van der Waals surface area contributed by atoms with Crippen LogP contribution in [-0.2, 0) is 9.59 Å². The minimum Gasteiger partial charge on any atom is -0.350 e. The standard InChI is InChI=1S/C22H16Cl2N4O3S/c1-11-12(2)32-22(25-11)27-19(29)13-3-7-15(8-4-13)26-18-17(24)20(30)28(21(18)31)16-9-5-14(23)6-10-16/h3-10,26H,1-2H3,(H,25,27,29). The van der Waals surface area contributed by atoms with Gasteiger partial charge in [0.05, 0.1) is 11.4 Å². The quantitative estimate of drug-likeness (QED) is 0.489. The Morgan fingerprint density at radius 2 is 1.62 bits per heavy atom. The number of aryl methyl sites for hydroxylation is 2. The van der Waals surface area contributed by atoms with Crippen molar-refractivity contribution in [3.05, 3.63) is 80.4 Å². The van der Waals surface area contributed by atoms with Crippen molar-refractivity contribution in [1.29, 1.82) is 0 Å². The lowest BCUT2D eigenvalue weighted by atomic mass is 10.2. The van der Waals surface area contributed by atoms with Crippen LogP contribution in [0, 0.1) is 13.8 Å². The minimum absolute atomic E-state index is 0.0439. The van der Waals surface area contributed by atoms with Crippen LogP contribution in [0.5, 0.6) is 0 Å². The molecule has 2 N–H and O–H groups in total. The molecule has 0 saturated carbocycles. The number of hydrogen-bond donors (Lipinski definition) is 2. The van der Waals surface area contributed by atoms with Crippen molar-refractivity contribution in [2.45, 2.75) is 13.8 Å². The molecular formula is C22H16Cl2N4O3S. The van der Waals surface area contributed by atoms with E-state index < -0.39 is 11.8 Å². The third kappa shape index (κ3) is 4.25. The fourth-order valence-corrected chi connectivity index (χ4v) is 4.13. The maximum absolute atomic E-state index is 12.8. The second kappa shape index (κ2) is 8.74. The van der Waals surface area contributed by atoms with Gasteiger partial charge in [-0.15, -0.1) is 11.3 Å². The number of rotatable bonds is 5. The predicted octanol–water partition coefficient (Wildman–Crippen LogP) is 5.10. The van der Waals surface area contributed by atoms with Gasteiger partial charge in [-0.2, -0.15) is 0 Å². The summed E-state index contributed by atoms with van der Waals surface area (Å²) in [5.74, 6) is -1.52. The number of halogens is 2. The lowest BCUT2D eigenvalue weighted by Gasteiger charge is -2.15. The van der Waals surface area contributed by atoms with Gasteiger partial charge in [-0.25, -0.2) is 9.88 Å². The van der Waals surface area contributed by atoms with Crippen molar-refractivity contribution in [3.63, 3.8) is 0 Å². The molecular weight excluding hydrogens is 471 g/mol. The van der Waals surface area contributed by atoms with Crippen LogP contribution in [0.2, 0.25) is 5.02 Å². The fraction of sp³-hybridized carbons (Fsp3) is 0.0909. The normalized spacial score (nSPS) is 13.7. The Kier molecular flexibility index (Phi) is 6.01. The third-order valence-corrected chi connectivity index (χ3v) is 6.37. The molecule has 0 bridgehead atoms. The smallest absolute Gasteiger partial charge is 0.283 e. The van der Waals surface area contributed by atoms with Gasteiger partial charge >= 0.3 is 0 Å². The van der Waals surface area contributed by atoms with Gasteiger partial charge in [-0.05, 0) is 62.4 Å². The zero-order valence-corrected chi connectivity index (χ0v) is 19.2. The average Bonchev–Trinajstić information content (AvgIpc) is 3.19. The van der Waals surface area contributed by atoms with Crippen LogP contribution < -0.4 is 15.5 Å². The molecule has 0 spiro atoms. The minimum atomic E-state index is -0.633. The van der Waals surface area contributed by atoms with Crippen LogP contribution in [-0.4, -0.2) is 22.7 Å². The zero-order chi connectivity index (χ0) is 23.0. The molecule has 0 aliphatic carbocycles. The van der Waals surface area contributed by atoms with Gasteiger partial charge in [-0.1, -0.05) is 23.2 Å². The van der Waals surface area contributed by atoms with Gasteiger partial charge < -0.3 is 5.32 Å². The van der Waals surface area contributed by atoms with Gasteiger partial charge in [0.25, 0.3) is 17.7 Å². The van der Waals surface area contributed by atoms with Crippen LogP contribution in [0.4, 0.5) is 16.5 Å². The maximum atomic E-state index is 12.8. The third-order valence-electron chi connectivity index (χ3n) is 4.78. The Bertz CT molecular complexity index is 1250. The number of anilines is 3. The molecule has 0 saturated heterocycles. The molecule has 2 aromatic carbocycles. The molecule has 162 valence electrons. The number of thiazole rings is 1. The first-order valence-electron chi connectivity index (χ1n) is 9.41. The van der Waals surface area contributed by atoms with Gasteiger partial charge in [-0.3, -0.25) is 19.7 Å². The van der Waals surface area contributed by atoms with E-state index in [-0.39, 0.29) is 16.6 Å². The van der Waals surface area contributed by atoms with Crippen molar-refractivity contribution in [2.75, 3.05) is 15.5 Å². The number of carbonyl (C=O) groups is 3. The number of hydrogen-bond acceptors (Lipinski definition) is 6. The molecule has 2 heterocycles. The lowest BCUT2D eigenvalue weighted by molar-refractivity contribution is -0.120. The van der Waals surface area contributed by atoms with E-state index >= 15 is 0 Å². The van der Waals surface area contributed by atoms with Crippen molar-refractivity contribution in [2.24, 2.45) is 0 Å². The van der Waals surface area contributed by atoms with E-state index in [0.29, 0.717) is 27.1 Å². The number of benzene rings is 2. The molecule has 10 heteroatoms. The highest BCUT2D eigenvalue weighted by molar-refractivity contribution is 7.15. The number of nitrogens with zero attached hydrogens (tertiary/aromatic N) is 2. The number of aromatic nitrogens is 1. The Labute approximate surface area is 197 Å². The van der Waals surface area contributed by atoms with E-state index in [1.165, 1.54) is 11.3 Å². The fourth-order valence-electron chi connectivity index (χ4n) is 2.98. The van der Waals surface area contributed by atoms with Gasteiger partial charge in [0.15, 0.2) is 5.13 Å². The van der Waals surface area contributed by atoms with E-state index in [1.54, 1.807) is 48.5 Å². The summed E-state index contributed by atoms with van der Waals surface area (Å²) in [7, 11) is 0. The van der Waals surface area contributed by atoms with Crippen molar-refractivity contribution < 1.29 is 14.4 Å². The van der Waals surface area contributed by atoms with E-state index in [2.05, 4.69) is 15.6 Å². The van der Waals surface area contributed by atoms with Crippen LogP contribution in [0.15, 0.2) is 59.3 Å². The highest BCUT2D eigenvalue weighted by Crippen LogP contribution is 2.31. The highest BCUT2D eigenvalue weighted by Gasteiger charge is 2.38. The highest BCUT2D eigenvalue weighted by atomic mass is 35.5. The van der Waals surface area contributed by atoms with Crippen LogP contribution in [0.25, 0.3) is 0 Å². The maximum Gasteiger partial charge on any atom is 0.283 e. The van der Waals surface area contributed by atoms with E-state index in [1.807, 2.05) is 13.8 Å². The lowest BCUT2D eigenvalue weighted by Crippen LogP contribution is -2.32. The molecule has 0 atom stereocenters. The largest absolute Gasteiger partial charge is 0.350 e. The van der Waals surface area contributed by atoms with Gasteiger partial charge in [0, 0.05) is 21.2 Å².